The summed E-state index contributed by atoms with van der Waals surface area (Å²) in [5.74, 6) is 0.132. The summed E-state index contributed by atoms with van der Waals surface area (Å²) in [5, 5.41) is 5.44. The van der Waals surface area contributed by atoms with Crippen LogP contribution in [0.2, 0.25) is 0 Å². The molecule has 4 nitrogen and oxygen atoms in total. The molecular weight excluding hydrogens is 295 g/mol. The van der Waals surface area contributed by atoms with E-state index >= 15 is 0 Å². The molecule has 1 heterocycles. The molecule has 7 heteroatoms. The van der Waals surface area contributed by atoms with Crippen molar-refractivity contribution in [2.45, 2.75) is 12.7 Å². The first-order valence-corrected chi connectivity index (χ1v) is 6.48. The number of halogens is 3. The Morgan fingerprint density at radius 3 is 2.59 bits per heavy atom. The van der Waals surface area contributed by atoms with Crippen LogP contribution in [0.1, 0.15) is 21.5 Å². The number of amides is 1. The molecule has 0 aliphatic heterocycles. The second kappa shape index (κ2) is 6.46. The summed E-state index contributed by atoms with van der Waals surface area (Å²) < 4.78 is 37.3. The molecule has 1 aromatic carbocycles. The second-order valence-corrected chi connectivity index (χ2v) is 4.56. The molecule has 116 valence electrons. The van der Waals surface area contributed by atoms with Crippen LogP contribution in [0.3, 0.4) is 0 Å². The zero-order valence-electron chi connectivity index (χ0n) is 11.7. The highest BCUT2D eigenvalue weighted by molar-refractivity contribution is 5.94. The summed E-state index contributed by atoms with van der Waals surface area (Å²) in [6.45, 7) is 0.350. The number of carbonyl (C=O) groups is 1. The molecule has 0 fully saturated rings. The first-order valence-electron chi connectivity index (χ1n) is 6.48. The third-order valence-corrected chi connectivity index (χ3v) is 2.98. The molecule has 0 aliphatic rings. The van der Waals surface area contributed by atoms with Crippen molar-refractivity contribution in [1.29, 1.82) is 0 Å². The maximum absolute atomic E-state index is 12.4. The van der Waals surface area contributed by atoms with Crippen molar-refractivity contribution in [2.75, 3.05) is 12.4 Å². The molecule has 2 aromatic rings. The Hall–Kier alpha value is -2.57. The van der Waals surface area contributed by atoms with Gasteiger partial charge in [0.1, 0.15) is 5.82 Å². The van der Waals surface area contributed by atoms with Gasteiger partial charge in [-0.05, 0) is 29.8 Å². The SMILES string of the molecule is CNC(=O)c1cccc(CNc2ccc(C(F)(F)F)cn2)c1. The van der Waals surface area contributed by atoms with Crippen molar-refractivity contribution >= 4 is 11.7 Å². The Bertz CT molecular complexity index is 654. The molecule has 0 saturated heterocycles. The maximum atomic E-state index is 12.4. The van der Waals surface area contributed by atoms with Gasteiger partial charge < -0.3 is 10.6 Å². The minimum Gasteiger partial charge on any atom is -0.366 e. The zero-order chi connectivity index (χ0) is 16.2. The van der Waals surface area contributed by atoms with Gasteiger partial charge in [-0.15, -0.1) is 0 Å². The van der Waals surface area contributed by atoms with E-state index in [1.165, 1.54) is 6.07 Å². The standard InChI is InChI=1S/C15H14F3N3O/c1-19-14(22)11-4-2-3-10(7-11)8-20-13-6-5-12(9-21-13)15(16,17)18/h2-7,9H,8H2,1H3,(H,19,22)(H,20,21). The lowest BCUT2D eigenvalue weighted by atomic mass is 10.1. The number of nitrogens with zero attached hydrogens (tertiary/aromatic N) is 1. The number of rotatable bonds is 4. The van der Waals surface area contributed by atoms with Gasteiger partial charge >= 0.3 is 6.18 Å². The zero-order valence-corrected chi connectivity index (χ0v) is 11.7. The van der Waals surface area contributed by atoms with Gasteiger partial charge in [0.25, 0.3) is 5.91 Å². The monoisotopic (exact) mass is 309 g/mol. The average molecular weight is 309 g/mol. The van der Waals surface area contributed by atoms with E-state index in [0.717, 1.165) is 17.8 Å². The second-order valence-electron chi connectivity index (χ2n) is 4.56. The quantitative estimate of drug-likeness (QED) is 0.912. The molecule has 2 N–H and O–H groups in total. The number of hydrogen-bond acceptors (Lipinski definition) is 3. The van der Waals surface area contributed by atoms with Gasteiger partial charge in [-0.2, -0.15) is 13.2 Å². The van der Waals surface area contributed by atoms with Gasteiger partial charge in [0.15, 0.2) is 0 Å². The van der Waals surface area contributed by atoms with E-state index in [9.17, 15) is 18.0 Å². The van der Waals surface area contributed by atoms with Crippen molar-refractivity contribution < 1.29 is 18.0 Å². The third kappa shape index (κ3) is 3.97. The third-order valence-electron chi connectivity index (χ3n) is 2.98. The van der Waals surface area contributed by atoms with Crippen molar-refractivity contribution in [1.82, 2.24) is 10.3 Å². The predicted molar refractivity (Wildman–Crippen MR) is 76.4 cm³/mol. The number of benzene rings is 1. The molecule has 0 saturated carbocycles. The van der Waals surface area contributed by atoms with E-state index in [1.807, 2.05) is 6.07 Å². The van der Waals surface area contributed by atoms with Crippen LogP contribution in [-0.4, -0.2) is 17.9 Å². The molecule has 0 atom stereocenters. The van der Waals surface area contributed by atoms with Crippen LogP contribution in [0.4, 0.5) is 19.0 Å². The summed E-state index contributed by atoms with van der Waals surface area (Å²) in [4.78, 5) is 15.2. The number of aromatic nitrogens is 1. The average Bonchev–Trinajstić information content (AvgIpc) is 2.52. The smallest absolute Gasteiger partial charge is 0.366 e. The van der Waals surface area contributed by atoms with E-state index < -0.39 is 11.7 Å². The molecule has 22 heavy (non-hydrogen) atoms. The van der Waals surface area contributed by atoms with Gasteiger partial charge in [0.05, 0.1) is 5.56 Å². The molecular formula is C15H14F3N3O. The molecule has 1 amide bonds. The Morgan fingerprint density at radius 2 is 2.00 bits per heavy atom. The van der Waals surface area contributed by atoms with Gasteiger partial charge in [0.2, 0.25) is 0 Å². The predicted octanol–water partition coefficient (Wildman–Crippen LogP) is 3.07. The summed E-state index contributed by atoms with van der Waals surface area (Å²) in [6.07, 6.45) is -3.61. The van der Waals surface area contributed by atoms with Gasteiger partial charge in [-0.25, -0.2) is 4.98 Å². The molecule has 0 bridgehead atoms. The highest BCUT2D eigenvalue weighted by atomic mass is 19.4. The molecule has 0 radical (unpaired) electrons. The summed E-state index contributed by atoms with van der Waals surface area (Å²) in [6, 6.07) is 9.17. The minimum absolute atomic E-state index is 0.200. The van der Waals surface area contributed by atoms with Crippen molar-refractivity contribution in [3.05, 3.63) is 59.3 Å². The number of anilines is 1. The number of carbonyl (C=O) groups excluding carboxylic acids is 1. The van der Waals surface area contributed by atoms with Crippen LogP contribution in [0.5, 0.6) is 0 Å². The van der Waals surface area contributed by atoms with Crippen molar-refractivity contribution in [3.8, 4) is 0 Å². The van der Waals surface area contributed by atoms with Gasteiger partial charge in [-0.3, -0.25) is 4.79 Å². The highest BCUT2D eigenvalue weighted by Crippen LogP contribution is 2.28. The normalized spacial score (nSPS) is 11.1. The number of alkyl halides is 3. The molecule has 2 rings (SSSR count). The van der Waals surface area contributed by atoms with Crippen LogP contribution in [0, 0.1) is 0 Å². The van der Waals surface area contributed by atoms with E-state index in [2.05, 4.69) is 15.6 Å². The van der Waals surface area contributed by atoms with Crippen molar-refractivity contribution in [3.63, 3.8) is 0 Å². The highest BCUT2D eigenvalue weighted by Gasteiger charge is 2.30. The molecule has 0 aliphatic carbocycles. The van der Waals surface area contributed by atoms with E-state index in [4.69, 9.17) is 0 Å². The van der Waals surface area contributed by atoms with Gasteiger partial charge in [0, 0.05) is 25.4 Å². The first-order chi connectivity index (χ1) is 10.4. The molecule has 1 aromatic heterocycles. The molecule has 0 unspecified atom stereocenters. The van der Waals surface area contributed by atoms with Crippen LogP contribution >= 0.6 is 0 Å². The van der Waals surface area contributed by atoms with Crippen LogP contribution in [-0.2, 0) is 12.7 Å². The Balaban J connectivity index is 2.03. The van der Waals surface area contributed by atoms with Crippen LogP contribution in [0.25, 0.3) is 0 Å². The van der Waals surface area contributed by atoms with Crippen molar-refractivity contribution in [2.24, 2.45) is 0 Å². The Labute approximate surface area is 125 Å². The number of nitrogens with one attached hydrogen (secondary N) is 2. The number of pyridine rings is 1. The fourth-order valence-electron chi connectivity index (χ4n) is 1.83. The lowest BCUT2D eigenvalue weighted by Gasteiger charge is -2.09. The fourth-order valence-corrected chi connectivity index (χ4v) is 1.83. The summed E-state index contributed by atoms with van der Waals surface area (Å²) >= 11 is 0. The van der Waals surface area contributed by atoms with E-state index in [-0.39, 0.29) is 5.91 Å². The van der Waals surface area contributed by atoms with Crippen LogP contribution < -0.4 is 10.6 Å². The largest absolute Gasteiger partial charge is 0.417 e. The lowest BCUT2D eigenvalue weighted by molar-refractivity contribution is -0.137. The Morgan fingerprint density at radius 1 is 1.23 bits per heavy atom. The maximum Gasteiger partial charge on any atom is 0.417 e. The lowest BCUT2D eigenvalue weighted by Crippen LogP contribution is -2.18. The van der Waals surface area contributed by atoms with Crippen LogP contribution in [0.15, 0.2) is 42.6 Å². The first kappa shape index (κ1) is 15.8. The van der Waals surface area contributed by atoms with E-state index in [0.29, 0.717) is 17.9 Å². The number of hydrogen-bond donors (Lipinski definition) is 2. The minimum atomic E-state index is -4.40. The van der Waals surface area contributed by atoms with E-state index in [1.54, 1.807) is 25.2 Å². The van der Waals surface area contributed by atoms with Gasteiger partial charge in [-0.1, -0.05) is 12.1 Å². The summed E-state index contributed by atoms with van der Waals surface area (Å²) in [5.41, 5.74) is 0.546. The summed E-state index contributed by atoms with van der Waals surface area (Å²) in [7, 11) is 1.54. The molecule has 0 spiro atoms. The topological polar surface area (TPSA) is 54.0 Å². The Kier molecular flexibility index (Phi) is 4.65. The fraction of sp³-hybridized carbons (Fsp3) is 0.200.